The van der Waals surface area contributed by atoms with E-state index in [2.05, 4.69) is 57.7 Å². The molecule has 1 heteroatoms. The number of allylic oxidation sites excluding steroid dienone is 6. The molecule has 108 valence electrons. The van der Waals surface area contributed by atoms with Crippen LogP contribution in [-0.4, -0.2) is 6.04 Å². The van der Waals surface area contributed by atoms with Crippen molar-refractivity contribution in [1.29, 1.82) is 0 Å². The summed E-state index contributed by atoms with van der Waals surface area (Å²) in [5.41, 5.74) is 7.36. The molecule has 19 heavy (non-hydrogen) atoms. The van der Waals surface area contributed by atoms with E-state index in [0.717, 1.165) is 38.0 Å². The molecule has 0 bridgehead atoms. The highest BCUT2D eigenvalue weighted by Crippen LogP contribution is 2.08. The van der Waals surface area contributed by atoms with Crippen LogP contribution < -0.4 is 5.73 Å². The van der Waals surface area contributed by atoms with Crippen molar-refractivity contribution >= 4 is 0 Å². The van der Waals surface area contributed by atoms with E-state index < -0.39 is 0 Å². The number of nitrogens with two attached hydrogens (primary N) is 1. The molecular weight excluding hydrogens is 230 g/mol. The van der Waals surface area contributed by atoms with Gasteiger partial charge in [0.25, 0.3) is 0 Å². The van der Waals surface area contributed by atoms with Crippen LogP contribution in [0.25, 0.3) is 0 Å². The lowest BCUT2D eigenvalue weighted by Gasteiger charge is -2.10. The number of rotatable bonds is 10. The molecule has 0 aromatic carbocycles. The van der Waals surface area contributed by atoms with Gasteiger partial charge in [-0.1, -0.05) is 55.9 Å². The van der Waals surface area contributed by atoms with E-state index in [-0.39, 0.29) is 6.04 Å². The summed E-state index contributed by atoms with van der Waals surface area (Å²) >= 11 is 0. The third-order valence-electron chi connectivity index (χ3n) is 3.05. The van der Waals surface area contributed by atoms with Crippen LogP contribution in [0.15, 0.2) is 48.6 Å². The van der Waals surface area contributed by atoms with E-state index in [1.165, 1.54) is 5.57 Å². The second-order valence-corrected chi connectivity index (χ2v) is 5.50. The quantitative estimate of drug-likeness (QED) is 0.328. The average Bonchev–Trinajstić information content (AvgIpc) is 2.37. The average molecular weight is 261 g/mol. The summed E-state index contributed by atoms with van der Waals surface area (Å²) in [6.07, 6.45) is 18.2. The second kappa shape index (κ2) is 12.0. The summed E-state index contributed by atoms with van der Waals surface area (Å²) < 4.78 is 0. The number of hydrogen-bond acceptors (Lipinski definition) is 1. The van der Waals surface area contributed by atoms with Gasteiger partial charge >= 0.3 is 0 Å². The number of unbranched alkanes of at least 4 members (excludes halogenated alkanes) is 1. The lowest BCUT2D eigenvalue weighted by molar-refractivity contribution is 0.649. The molecule has 0 heterocycles. The molecule has 0 saturated heterocycles. The normalized spacial score (nSPS) is 14.7. The predicted octanol–water partition coefficient (Wildman–Crippen LogP) is 5.16. The van der Waals surface area contributed by atoms with Crippen LogP contribution in [0.1, 0.15) is 52.9 Å². The maximum Gasteiger partial charge on any atom is 0.0254 e. The molecular formula is C18H31N. The van der Waals surface area contributed by atoms with Gasteiger partial charge in [-0.05, 0) is 44.9 Å². The molecule has 0 rings (SSSR count). The Kier molecular flexibility index (Phi) is 11.3. The Labute approximate surface area is 120 Å². The first-order chi connectivity index (χ1) is 9.07. The van der Waals surface area contributed by atoms with Gasteiger partial charge in [0.1, 0.15) is 0 Å². The van der Waals surface area contributed by atoms with Crippen LogP contribution in [0, 0.1) is 5.92 Å². The number of hydrogen-bond donors (Lipinski definition) is 1. The maximum atomic E-state index is 6.10. The molecule has 0 aromatic rings. The van der Waals surface area contributed by atoms with Gasteiger partial charge in [0.05, 0.1) is 0 Å². The van der Waals surface area contributed by atoms with Crippen molar-refractivity contribution in [3.8, 4) is 0 Å². The monoisotopic (exact) mass is 261 g/mol. The topological polar surface area (TPSA) is 26.0 Å². The fourth-order valence-corrected chi connectivity index (χ4v) is 1.67. The highest BCUT2D eigenvalue weighted by atomic mass is 14.6. The van der Waals surface area contributed by atoms with Crippen molar-refractivity contribution in [3.05, 3.63) is 48.6 Å². The Bertz CT molecular complexity index is 308. The van der Waals surface area contributed by atoms with Crippen LogP contribution in [0.2, 0.25) is 0 Å². The fourth-order valence-electron chi connectivity index (χ4n) is 1.67. The van der Waals surface area contributed by atoms with Crippen molar-refractivity contribution in [2.75, 3.05) is 0 Å². The largest absolute Gasteiger partial charge is 0.324 e. The van der Waals surface area contributed by atoms with Gasteiger partial charge in [-0.3, -0.25) is 0 Å². The third-order valence-corrected chi connectivity index (χ3v) is 3.05. The molecule has 0 aromatic heterocycles. The molecule has 1 atom stereocenters. The first-order valence-corrected chi connectivity index (χ1v) is 7.42. The minimum atomic E-state index is 0.182. The Morgan fingerprint density at radius 2 is 1.95 bits per heavy atom. The first-order valence-electron chi connectivity index (χ1n) is 7.42. The smallest absolute Gasteiger partial charge is 0.0254 e. The highest BCUT2D eigenvalue weighted by Gasteiger charge is 2.02. The van der Waals surface area contributed by atoms with Crippen LogP contribution in [0.5, 0.6) is 0 Å². The van der Waals surface area contributed by atoms with E-state index in [1.807, 2.05) is 6.08 Å². The molecule has 0 aliphatic carbocycles. The van der Waals surface area contributed by atoms with Crippen molar-refractivity contribution < 1.29 is 0 Å². The van der Waals surface area contributed by atoms with Gasteiger partial charge in [0, 0.05) is 6.04 Å². The van der Waals surface area contributed by atoms with Crippen LogP contribution in [0.3, 0.4) is 0 Å². The van der Waals surface area contributed by atoms with Gasteiger partial charge in [0.15, 0.2) is 0 Å². The molecule has 1 nitrogen and oxygen atoms in total. The predicted molar refractivity (Wildman–Crippen MR) is 88.1 cm³/mol. The Balaban J connectivity index is 3.89. The second-order valence-electron chi connectivity index (χ2n) is 5.50. The van der Waals surface area contributed by atoms with E-state index in [4.69, 9.17) is 5.73 Å². The molecule has 0 saturated carbocycles. The van der Waals surface area contributed by atoms with Gasteiger partial charge in [-0.25, -0.2) is 0 Å². The van der Waals surface area contributed by atoms with E-state index >= 15 is 0 Å². The summed E-state index contributed by atoms with van der Waals surface area (Å²) in [5, 5.41) is 0. The van der Waals surface area contributed by atoms with Crippen LogP contribution >= 0.6 is 0 Å². The summed E-state index contributed by atoms with van der Waals surface area (Å²) in [7, 11) is 0. The van der Waals surface area contributed by atoms with Crippen LogP contribution in [0.4, 0.5) is 0 Å². The standard InChI is InChI=1S/C18H31N/c1-5-6-10-15-18(19)17(4)14-12-9-7-8-11-13-16(2)3/h5,8-9,11-12,14,16,18H,1,6-7,10,13,15,19H2,2-4H3/b11-8+,12-9-,17-14+. The molecule has 0 aliphatic heterocycles. The minimum Gasteiger partial charge on any atom is -0.324 e. The summed E-state index contributed by atoms with van der Waals surface area (Å²) in [6, 6.07) is 0.182. The molecule has 0 radical (unpaired) electrons. The van der Waals surface area contributed by atoms with Gasteiger partial charge in [-0.2, -0.15) is 0 Å². The molecule has 0 amide bonds. The summed E-state index contributed by atoms with van der Waals surface area (Å²) in [5.74, 6) is 0.746. The molecule has 0 spiro atoms. The van der Waals surface area contributed by atoms with Crippen LogP contribution in [-0.2, 0) is 0 Å². The molecule has 1 unspecified atom stereocenters. The Hall–Kier alpha value is -1.08. The van der Waals surface area contributed by atoms with Gasteiger partial charge < -0.3 is 5.73 Å². The summed E-state index contributed by atoms with van der Waals surface area (Å²) in [6.45, 7) is 10.3. The van der Waals surface area contributed by atoms with E-state index in [1.54, 1.807) is 0 Å². The van der Waals surface area contributed by atoms with Crippen molar-refractivity contribution in [3.63, 3.8) is 0 Å². The lowest BCUT2D eigenvalue weighted by atomic mass is 10.0. The molecule has 2 N–H and O–H groups in total. The zero-order valence-electron chi connectivity index (χ0n) is 12.9. The third kappa shape index (κ3) is 11.7. The van der Waals surface area contributed by atoms with Gasteiger partial charge in [0.2, 0.25) is 0 Å². The zero-order chi connectivity index (χ0) is 14.5. The van der Waals surface area contributed by atoms with Gasteiger partial charge in [-0.15, -0.1) is 6.58 Å². The van der Waals surface area contributed by atoms with E-state index in [9.17, 15) is 0 Å². The first kappa shape index (κ1) is 17.9. The van der Waals surface area contributed by atoms with Crippen molar-refractivity contribution in [1.82, 2.24) is 0 Å². The lowest BCUT2D eigenvalue weighted by Crippen LogP contribution is -2.20. The summed E-state index contributed by atoms with van der Waals surface area (Å²) in [4.78, 5) is 0. The van der Waals surface area contributed by atoms with Crippen molar-refractivity contribution in [2.24, 2.45) is 11.7 Å². The van der Waals surface area contributed by atoms with Crippen molar-refractivity contribution in [2.45, 2.75) is 58.9 Å². The molecule has 0 aliphatic rings. The SMILES string of the molecule is C=CCCCC(N)/C(C)=C/C=C\C/C=C/CC(C)C. The zero-order valence-corrected chi connectivity index (χ0v) is 12.9. The van der Waals surface area contributed by atoms with E-state index in [0.29, 0.717) is 0 Å². The Morgan fingerprint density at radius 1 is 1.21 bits per heavy atom. The minimum absolute atomic E-state index is 0.182. The Morgan fingerprint density at radius 3 is 2.58 bits per heavy atom. The molecule has 0 fully saturated rings. The fraction of sp³-hybridized carbons (Fsp3) is 0.556. The maximum absolute atomic E-state index is 6.10. The highest BCUT2D eigenvalue weighted by molar-refractivity contribution is 5.16.